The molecule has 1 fully saturated rings. The summed E-state index contributed by atoms with van der Waals surface area (Å²) < 4.78 is 2.32. The van der Waals surface area contributed by atoms with E-state index in [9.17, 15) is 0 Å². The Hall–Kier alpha value is -2.36. The summed E-state index contributed by atoms with van der Waals surface area (Å²) in [6.45, 7) is 2.08. The van der Waals surface area contributed by atoms with Crippen molar-refractivity contribution >= 4 is 22.7 Å². The molecule has 4 rings (SSSR count). The highest BCUT2D eigenvalue weighted by molar-refractivity contribution is 5.77. The van der Waals surface area contributed by atoms with Crippen LogP contribution in [0.15, 0.2) is 42.7 Å². The Bertz CT molecular complexity index is 782. The van der Waals surface area contributed by atoms with E-state index in [-0.39, 0.29) is 0 Å². The third-order valence-electron chi connectivity index (χ3n) is 4.48. The van der Waals surface area contributed by atoms with Gasteiger partial charge in [0.05, 0.1) is 0 Å². The zero-order valence-corrected chi connectivity index (χ0v) is 12.8. The normalized spacial score (nSPS) is 15.5. The Labute approximate surface area is 130 Å². The second-order valence-corrected chi connectivity index (χ2v) is 6.12. The maximum absolute atomic E-state index is 4.74. The molecule has 4 heteroatoms. The molecule has 112 valence electrons. The van der Waals surface area contributed by atoms with Crippen LogP contribution in [0, 0.1) is 6.92 Å². The predicted octanol–water partition coefficient (Wildman–Crippen LogP) is 4.60. The molecule has 0 radical (unpaired) electrons. The molecule has 1 aromatic carbocycles. The van der Waals surface area contributed by atoms with Crippen LogP contribution in [-0.4, -0.2) is 14.5 Å². The van der Waals surface area contributed by atoms with Gasteiger partial charge in [-0.3, -0.25) is 0 Å². The van der Waals surface area contributed by atoms with E-state index < -0.39 is 0 Å². The average Bonchev–Trinajstić information content (AvgIpc) is 3.18. The largest absolute Gasteiger partial charge is 0.329 e. The first-order valence-electron chi connectivity index (χ1n) is 7.97. The van der Waals surface area contributed by atoms with Crippen molar-refractivity contribution in [3.8, 4) is 0 Å². The Kier molecular flexibility index (Phi) is 3.29. The van der Waals surface area contributed by atoms with Gasteiger partial charge in [-0.15, -0.1) is 0 Å². The third-order valence-corrected chi connectivity index (χ3v) is 4.48. The Morgan fingerprint density at radius 1 is 1.09 bits per heavy atom. The Balaban J connectivity index is 1.66. The van der Waals surface area contributed by atoms with Crippen LogP contribution < -0.4 is 5.32 Å². The van der Waals surface area contributed by atoms with Crippen LogP contribution in [0.1, 0.15) is 37.3 Å². The molecule has 2 heterocycles. The number of aryl methyl sites for hydroxylation is 1. The van der Waals surface area contributed by atoms with Crippen LogP contribution in [0.3, 0.4) is 0 Å². The van der Waals surface area contributed by atoms with E-state index in [1.165, 1.54) is 31.2 Å². The van der Waals surface area contributed by atoms with Crippen LogP contribution in [0.4, 0.5) is 11.6 Å². The van der Waals surface area contributed by atoms with Crippen LogP contribution >= 0.6 is 0 Å². The van der Waals surface area contributed by atoms with Crippen LogP contribution in [0.25, 0.3) is 11.0 Å². The lowest BCUT2D eigenvalue weighted by Crippen LogP contribution is -2.05. The monoisotopic (exact) mass is 292 g/mol. The summed E-state index contributed by atoms with van der Waals surface area (Å²) >= 11 is 0. The molecule has 3 aromatic rings. The fourth-order valence-electron chi connectivity index (χ4n) is 3.24. The van der Waals surface area contributed by atoms with Crippen molar-refractivity contribution < 1.29 is 0 Å². The highest BCUT2D eigenvalue weighted by Crippen LogP contribution is 2.32. The number of fused-ring (bicyclic) bond motifs is 1. The zero-order chi connectivity index (χ0) is 14.9. The number of nitrogens with zero attached hydrogens (tertiary/aromatic N) is 3. The molecule has 2 aromatic heterocycles. The Morgan fingerprint density at radius 2 is 1.86 bits per heavy atom. The lowest BCUT2D eigenvalue weighted by atomic mass is 10.2. The number of hydrogen-bond donors (Lipinski definition) is 1. The van der Waals surface area contributed by atoms with Crippen molar-refractivity contribution in [3.05, 3.63) is 48.3 Å². The predicted molar refractivity (Wildman–Crippen MR) is 89.5 cm³/mol. The highest BCUT2D eigenvalue weighted by atomic mass is 15.2. The van der Waals surface area contributed by atoms with Crippen molar-refractivity contribution in [2.24, 2.45) is 0 Å². The molecule has 0 amide bonds. The molecule has 4 nitrogen and oxygen atoms in total. The number of nitrogens with one attached hydrogen (secondary N) is 1. The van der Waals surface area contributed by atoms with Crippen molar-refractivity contribution in [2.45, 2.75) is 38.6 Å². The molecule has 1 N–H and O–H groups in total. The Morgan fingerprint density at radius 3 is 2.64 bits per heavy atom. The molecule has 0 saturated heterocycles. The van der Waals surface area contributed by atoms with Crippen molar-refractivity contribution in [1.29, 1.82) is 0 Å². The molecular formula is C18H20N4. The fourth-order valence-corrected chi connectivity index (χ4v) is 3.24. The minimum Gasteiger partial charge on any atom is -0.329 e. The molecule has 0 bridgehead atoms. The summed E-state index contributed by atoms with van der Waals surface area (Å²) in [4.78, 5) is 9.17. The molecule has 1 aliphatic carbocycles. The first-order chi connectivity index (χ1) is 10.8. The summed E-state index contributed by atoms with van der Waals surface area (Å²) in [6, 6.07) is 11.0. The topological polar surface area (TPSA) is 42.7 Å². The van der Waals surface area contributed by atoms with E-state index in [0.717, 1.165) is 16.7 Å². The summed E-state index contributed by atoms with van der Waals surface area (Å²) in [6.07, 6.45) is 9.23. The molecular weight excluding hydrogens is 272 g/mol. The summed E-state index contributed by atoms with van der Waals surface area (Å²) in [5.41, 5.74) is 3.30. The minimum absolute atomic E-state index is 0.597. The van der Waals surface area contributed by atoms with Gasteiger partial charge in [0.15, 0.2) is 0 Å². The quantitative estimate of drug-likeness (QED) is 0.767. The van der Waals surface area contributed by atoms with Gasteiger partial charge in [0.25, 0.3) is 0 Å². The van der Waals surface area contributed by atoms with Gasteiger partial charge in [-0.05, 0) is 38.0 Å². The van der Waals surface area contributed by atoms with E-state index in [1.54, 1.807) is 0 Å². The van der Waals surface area contributed by atoms with Crippen molar-refractivity contribution in [2.75, 3.05) is 5.32 Å². The summed E-state index contributed by atoms with van der Waals surface area (Å²) in [5, 5.41) is 4.41. The maximum atomic E-state index is 4.74. The van der Waals surface area contributed by atoms with Crippen LogP contribution in [0.2, 0.25) is 0 Å². The van der Waals surface area contributed by atoms with Gasteiger partial charge in [-0.25, -0.2) is 4.98 Å². The van der Waals surface area contributed by atoms with Gasteiger partial charge in [0.2, 0.25) is 5.95 Å². The van der Waals surface area contributed by atoms with E-state index in [2.05, 4.69) is 58.3 Å². The molecule has 0 unspecified atom stereocenters. The first-order valence-corrected chi connectivity index (χ1v) is 7.97. The van der Waals surface area contributed by atoms with E-state index >= 15 is 0 Å². The van der Waals surface area contributed by atoms with Gasteiger partial charge in [0.1, 0.15) is 5.65 Å². The van der Waals surface area contributed by atoms with Crippen LogP contribution in [-0.2, 0) is 0 Å². The number of benzene rings is 1. The standard InChI is InChI=1S/C18H20N4/c1-13-6-8-15(9-7-13)20-18-19-12-14-10-11-22(17(14)21-18)16-4-2-3-5-16/h6-12,16H,2-5H2,1H3,(H,19,20,21). The second-order valence-electron chi connectivity index (χ2n) is 6.12. The van der Waals surface area contributed by atoms with Crippen molar-refractivity contribution in [1.82, 2.24) is 14.5 Å². The summed E-state index contributed by atoms with van der Waals surface area (Å²) in [5.74, 6) is 0.661. The molecule has 0 spiro atoms. The zero-order valence-electron chi connectivity index (χ0n) is 12.8. The second kappa shape index (κ2) is 5.44. The minimum atomic E-state index is 0.597. The lowest BCUT2D eigenvalue weighted by Gasteiger charge is -2.13. The molecule has 0 aliphatic heterocycles. The van der Waals surface area contributed by atoms with Gasteiger partial charge >= 0.3 is 0 Å². The SMILES string of the molecule is Cc1ccc(Nc2ncc3ccn(C4CCCC4)c3n2)cc1. The smallest absolute Gasteiger partial charge is 0.229 e. The van der Waals surface area contributed by atoms with E-state index in [1.807, 2.05) is 6.20 Å². The van der Waals surface area contributed by atoms with Gasteiger partial charge in [-0.2, -0.15) is 4.98 Å². The molecule has 22 heavy (non-hydrogen) atoms. The fraction of sp³-hybridized carbons (Fsp3) is 0.333. The number of aromatic nitrogens is 3. The van der Waals surface area contributed by atoms with Gasteiger partial charge in [-0.1, -0.05) is 30.5 Å². The summed E-state index contributed by atoms with van der Waals surface area (Å²) in [7, 11) is 0. The van der Waals surface area contributed by atoms with Crippen molar-refractivity contribution in [3.63, 3.8) is 0 Å². The third kappa shape index (κ3) is 2.45. The lowest BCUT2D eigenvalue weighted by molar-refractivity contribution is 0.532. The highest BCUT2D eigenvalue weighted by Gasteiger charge is 2.19. The van der Waals surface area contributed by atoms with E-state index in [4.69, 9.17) is 4.98 Å². The number of rotatable bonds is 3. The maximum Gasteiger partial charge on any atom is 0.229 e. The number of anilines is 2. The average molecular weight is 292 g/mol. The van der Waals surface area contributed by atoms with Gasteiger partial charge < -0.3 is 9.88 Å². The van der Waals surface area contributed by atoms with Gasteiger partial charge in [0, 0.05) is 29.5 Å². The first kappa shape index (κ1) is 13.3. The molecule has 0 atom stereocenters. The molecule has 1 aliphatic rings. The van der Waals surface area contributed by atoms with E-state index in [0.29, 0.717) is 12.0 Å². The number of hydrogen-bond acceptors (Lipinski definition) is 3. The van der Waals surface area contributed by atoms with Crippen LogP contribution in [0.5, 0.6) is 0 Å². The molecule has 1 saturated carbocycles.